The minimum absolute atomic E-state index is 0.327. The van der Waals surface area contributed by atoms with E-state index in [4.69, 9.17) is 12.2 Å². The van der Waals surface area contributed by atoms with E-state index < -0.39 is 17.9 Å². The predicted molar refractivity (Wildman–Crippen MR) is 60.6 cm³/mol. The van der Waals surface area contributed by atoms with Crippen LogP contribution in [0.25, 0.3) is 0 Å². The average Bonchev–Trinajstić information content (AvgIpc) is 2.28. The number of rotatable bonds is 3. The Labute approximate surface area is 97.8 Å². The van der Waals surface area contributed by atoms with E-state index >= 15 is 0 Å². The van der Waals surface area contributed by atoms with Crippen molar-refractivity contribution >= 4 is 24.1 Å². The summed E-state index contributed by atoms with van der Waals surface area (Å²) in [5.74, 6) is -0.904. The summed E-state index contributed by atoms with van der Waals surface area (Å²) in [6.45, 7) is 1.54. The maximum atomic E-state index is 11.7. The van der Waals surface area contributed by atoms with E-state index in [0.717, 1.165) is 0 Å². The van der Waals surface area contributed by atoms with Gasteiger partial charge in [-0.2, -0.15) is 0 Å². The number of amides is 1. The summed E-state index contributed by atoms with van der Waals surface area (Å²) in [6.07, 6.45) is 1.63. The van der Waals surface area contributed by atoms with Crippen LogP contribution in [0.5, 0.6) is 0 Å². The molecule has 0 radical (unpaired) electrons. The van der Waals surface area contributed by atoms with Gasteiger partial charge in [-0.3, -0.25) is 4.79 Å². The number of carbonyl (C=O) groups excluding carboxylic acids is 2. The highest BCUT2D eigenvalue weighted by atomic mass is 32.1. The minimum Gasteiger partial charge on any atom is -0.467 e. The standard InChI is InChI=1S/C10H12N2O3S/c1-6(10(14)15-2)12-8(13)7-4-3-5-11-9(7)16/h3-6H,1-2H3,(H,11,16)(H,12,13)/t6-/m0/s1. The van der Waals surface area contributed by atoms with E-state index in [0.29, 0.717) is 10.2 Å². The number of carbonyl (C=O) groups is 2. The summed E-state index contributed by atoms with van der Waals surface area (Å²) in [7, 11) is 1.26. The number of hydrogen-bond donors (Lipinski definition) is 2. The molecule has 6 heteroatoms. The number of aromatic nitrogens is 1. The minimum atomic E-state index is -0.702. The SMILES string of the molecule is COC(=O)[C@H](C)NC(=O)c1ccc[nH]c1=S. The monoisotopic (exact) mass is 240 g/mol. The molecular formula is C10H12N2O3S. The van der Waals surface area contributed by atoms with Gasteiger partial charge in [0, 0.05) is 6.20 Å². The van der Waals surface area contributed by atoms with Gasteiger partial charge < -0.3 is 15.0 Å². The zero-order valence-electron chi connectivity index (χ0n) is 8.94. The molecule has 16 heavy (non-hydrogen) atoms. The van der Waals surface area contributed by atoms with Gasteiger partial charge in [-0.15, -0.1) is 0 Å². The second kappa shape index (κ2) is 5.41. The number of esters is 1. The van der Waals surface area contributed by atoms with Gasteiger partial charge in [-0.25, -0.2) is 4.79 Å². The first-order valence-corrected chi connectivity index (χ1v) is 5.03. The Hall–Kier alpha value is -1.69. The predicted octanol–water partition coefficient (Wildman–Crippen LogP) is 1.04. The van der Waals surface area contributed by atoms with E-state index in [2.05, 4.69) is 15.0 Å². The molecule has 1 heterocycles. The van der Waals surface area contributed by atoms with Crippen LogP contribution in [-0.2, 0) is 9.53 Å². The molecule has 0 bridgehead atoms. The Kier molecular flexibility index (Phi) is 4.19. The quantitative estimate of drug-likeness (QED) is 0.611. The van der Waals surface area contributed by atoms with Crippen LogP contribution in [0, 0.1) is 4.64 Å². The Morgan fingerprint density at radius 3 is 2.81 bits per heavy atom. The maximum Gasteiger partial charge on any atom is 0.328 e. The molecule has 0 spiro atoms. The van der Waals surface area contributed by atoms with E-state index in [1.165, 1.54) is 7.11 Å². The van der Waals surface area contributed by atoms with Gasteiger partial charge in [0.25, 0.3) is 5.91 Å². The summed E-state index contributed by atoms with van der Waals surface area (Å²) in [5.41, 5.74) is 0.327. The average molecular weight is 240 g/mol. The lowest BCUT2D eigenvalue weighted by molar-refractivity contribution is -0.142. The smallest absolute Gasteiger partial charge is 0.328 e. The van der Waals surface area contributed by atoms with Gasteiger partial charge in [0.05, 0.1) is 12.7 Å². The van der Waals surface area contributed by atoms with Gasteiger partial charge in [0.15, 0.2) is 0 Å². The van der Waals surface area contributed by atoms with Crippen molar-refractivity contribution in [3.05, 3.63) is 28.5 Å². The van der Waals surface area contributed by atoms with Gasteiger partial charge in [0.2, 0.25) is 0 Å². The Bertz CT molecular complexity index is 455. The molecule has 0 aromatic carbocycles. The van der Waals surface area contributed by atoms with E-state index in [9.17, 15) is 9.59 Å². The summed E-state index contributed by atoms with van der Waals surface area (Å²) >= 11 is 4.94. The first-order chi connectivity index (χ1) is 7.56. The highest BCUT2D eigenvalue weighted by Crippen LogP contribution is 2.00. The molecule has 0 unspecified atom stereocenters. The lowest BCUT2D eigenvalue weighted by Gasteiger charge is -2.11. The third kappa shape index (κ3) is 2.90. The van der Waals surface area contributed by atoms with E-state index in [1.807, 2.05) is 0 Å². The fourth-order valence-electron chi connectivity index (χ4n) is 1.11. The molecule has 0 saturated heterocycles. The number of methoxy groups -OCH3 is 1. The topological polar surface area (TPSA) is 71.2 Å². The van der Waals surface area contributed by atoms with Crippen molar-refractivity contribution in [1.82, 2.24) is 10.3 Å². The molecule has 0 aliphatic heterocycles. The van der Waals surface area contributed by atoms with Crippen LogP contribution in [0.15, 0.2) is 18.3 Å². The molecule has 5 nitrogen and oxygen atoms in total. The van der Waals surface area contributed by atoms with Crippen molar-refractivity contribution in [2.24, 2.45) is 0 Å². The van der Waals surface area contributed by atoms with Crippen molar-refractivity contribution < 1.29 is 14.3 Å². The Balaban J connectivity index is 2.78. The van der Waals surface area contributed by atoms with Crippen LogP contribution >= 0.6 is 12.2 Å². The van der Waals surface area contributed by atoms with Crippen molar-refractivity contribution in [3.8, 4) is 0 Å². The van der Waals surface area contributed by atoms with E-state index in [-0.39, 0.29) is 0 Å². The maximum absolute atomic E-state index is 11.7. The summed E-state index contributed by atoms with van der Waals surface area (Å²) < 4.78 is 4.82. The molecule has 0 fully saturated rings. The number of H-pyrrole nitrogens is 1. The lowest BCUT2D eigenvalue weighted by atomic mass is 10.2. The van der Waals surface area contributed by atoms with Gasteiger partial charge in [-0.1, -0.05) is 12.2 Å². The number of aromatic amines is 1. The molecule has 1 atom stereocenters. The lowest BCUT2D eigenvalue weighted by Crippen LogP contribution is -2.39. The van der Waals surface area contributed by atoms with Gasteiger partial charge >= 0.3 is 5.97 Å². The van der Waals surface area contributed by atoms with Crippen molar-refractivity contribution in [2.75, 3.05) is 7.11 Å². The van der Waals surface area contributed by atoms with Gasteiger partial charge in [-0.05, 0) is 19.1 Å². The number of nitrogens with one attached hydrogen (secondary N) is 2. The fraction of sp³-hybridized carbons (Fsp3) is 0.300. The molecule has 1 aromatic heterocycles. The summed E-state index contributed by atoms with van der Waals surface area (Å²) in [6, 6.07) is 2.54. The van der Waals surface area contributed by atoms with Crippen LogP contribution < -0.4 is 5.32 Å². The molecular weight excluding hydrogens is 228 g/mol. The van der Waals surface area contributed by atoms with E-state index in [1.54, 1.807) is 25.3 Å². The van der Waals surface area contributed by atoms with Crippen molar-refractivity contribution in [1.29, 1.82) is 0 Å². The molecule has 2 N–H and O–H groups in total. The van der Waals surface area contributed by atoms with Crippen LogP contribution in [0.1, 0.15) is 17.3 Å². The number of hydrogen-bond acceptors (Lipinski definition) is 4. The van der Waals surface area contributed by atoms with Crippen LogP contribution in [0.4, 0.5) is 0 Å². The second-order valence-corrected chi connectivity index (χ2v) is 3.54. The molecule has 0 saturated carbocycles. The van der Waals surface area contributed by atoms with Crippen LogP contribution in [-0.4, -0.2) is 30.0 Å². The Morgan fingerprint density at radius 1 is 1.56 bits per heavy atom. The normalized spacial score (nSPS) is 11.6. The summed E-state index contributed by atoms with van der Waals surface area (Å²) in [4.78, 5) is 25.5. The molecule has 86 valence electrons. The summed E-state index contributed by atoms with van der Waals surface area (Å²) in [5, 5.41) is 2.49. The second-order valence-electron chi connectivity index (χ2n) is 3.13. The third-order valence-corrected chi connectivity index (χ3v) is 2.30. The highest BCUT2D eigenvalue weighted by molar-refractivity contribution is 7.71. The number of pyridine rings is 1. The van der Waals surface area contributed by atoms with Crippen LogP contribution in [0.2, 0.25) is 0 Å². The third-order valence-electron chi connectivity index (χ3n) is 1.97. The van der Waals surface area contributed by atoms with Crippen molar-refractivity contribution in [3.63, 3.8) is 0 Å². The highest BCUT2D eigenvalue weighted by Gasteiger charge is 2.17. The first-order valence-electron chi connectivity index (χ1n) is 4.62. The van der Waals surface area contributed by atoms with Crippen LogP contribution in [0.3, 0.4) is 0 Å². The molecule has 1 amide bonds. The zero-order chi connectivity index (χ0) is 12.1. The van der Waals surface area contributed by atoms with Gasteiger partial charge in [0.1, 0.15) is 10.7 Å². The zero-order valence-corrected chi connectivity index (χ0v) is 9.76. The largest absolute Gasteiger partial charge is 0.467 e. The fourth-order valence-corrected chi connectivity index (χ4v) is 1.34. The molecule has 0 aliphatic rings. The molecule has 1 aromatic rings. The van der Waals surface area contributed by atoms with Crippen molar-refractivity contribution in [2.45, 2.75) is 13.0 Å². The number of ether oxygens (including phenoxy) is 1. The molecule has 1 rings (SSSR count). The molecule has 0 aliphatic carbocycles. The Morgan fingerprint density at radius 2 is 2.25 bits per heavy atom. The first kappa shape index (κ1) is 12.4.